The van der Waals surface area contributed by atoms with E-state index < -0.39 is 0 Å². The quantitative estimate of drug-likeness (QED) is 0.107. The van der Waals surface area contributed by atoms with E-state index in [0.717, 1.165) is 98.7 Å². The number of fused-ring (bicyclic) bond motifs is 1. The van der Waals surface area contributed by atoms with Gasteiger partial charge in [0, 0.05) is 66.4 Å². The van der Waals surface area contributed by atoms with E-state index in [0.29, 0.717) is 46.0 Å². The number of aliphatic hydroxyl groups excluding tert-OH is 2. The zero-order valence-corrected chi connectivity index (χ0v) is 33.8. The number of nitrogens with zero attached hydrogens (tertiary/aromatic N) is 3. The highest BCUT2D eigenvalue weighted by Gasteiger charge is 2.34. The molecule has 2 fully saturated rings. The average Bonchev–Trinajstić information content (AvgIpc) is 3.60. The van der Waals surface area contributed by atoms with Crippen LogP contribution >= 0.6 is 23.2 Å². The molecule has 7 rings (SSSR count). The van der Waals surface area contributed by atoms with Crippen LogP contribution in [0.2, 0.25) is 10.0 Å². The fraction of sp³-hybridized carbons (Fsp3) is 0.467. The van der Waals surface area contributed by atoms with E-state index in [-0.39, 0.29) is 36.5 Å². The third kappa shape index (κ3) is 9.45. The molecule has 11 heteroatoms. The number of aliphatic hydroxyl groups is 2. The molecule has 2 aliphatic carbocycles. The summed E-state index contributed by atoms with van der Waals surface area (Å²) in [7, 11) is 0. The topological polar surface area (TPSA) is 120 Å². The molecule has 3 aliphatic rings. The van der Waals surface area contributed by atoms with Gasteiger partial charge < -0.3 is 29.7 Å². The Morgan fingerprint density at radius 3 is 2.59 bits per heavy atom. The van der Waals surface area contributed by atoms with Crippen molar-refractivity contribution in [3.8, 4) is 34.4 Å². The maximum Gasteiger partial charge on any atom is 0.142 e. The van der Waals surface area contributed by atoms with Gasteiger partial charge in [-0.2, -0.15) is 5.26 Å². The smallest absolute Gasteiger partial charge is 0.142 e. The van der Waals surface area contributed by atoms with E-state index in [9.17, 15) is 15.5 Å². The van der Waals surface area contributed by atoms with Crippen LogP contribution < -0.4 is 19.5 Å². The van der Waals surface area contributed by atoms with Crippen molar-refractivity contribution in [2.45, 2.75) is 115 Å². The molecule has 56 heavy (non-hydrogen) atoms. The summed E-state index contributed by atoms with van der Waals surface area (Å²) in [6.45, 7) is 7.42. The number of likely N-dealkylation sites (tertiary alicyclic amines) is 1. The lowest BCUT2D eigenvalue weighted by Crippen LogP contribution is -2.51. The zero-order chi connectivity index (χ0) is 39.2. The fourth-order valence-electron chi connectivity index (χ4n) is 8.56. The molecule has 296 valence electrons. The third-order valence-corrected chi connectivity index (χ3v) is 12.3. The molecule has 3 N–H and O–H groups in total. The standard InChI is InChI=1S/C45H52Cl2N4O5/c1-45(2)23-32(52)16-18-51(45)17-7-19-54-41-13-6-10-36(44(41)47)33-8-5-9-35-34(33)14-15-40(35)56-43-22-42(55-28-30-20-29(24-48)25-49-26-30)31(21-37(43)46)27-50-38-11-3-4-12-39(38)53/h5-6,8-10,13,20-22,25-26,32,38-40,50,52-53H,3-4,7,11-12,14-19,23,27-28H2,1-2H3/t32?,38-,39+,40+/m1/s1. The monoisotopic (exact) mass is 798 g/mol. The summed E-state index contributed by atoms with van der Waals surface area (Å²) < 4.78 is 19.3. The van der Waals surface area contributed by atoms with Gasteiger partial charge in [0.1, 0.15) is 36.0 Å². The minimum atomic E-state index is -0.386. The van der Waals surface area contributed by atoms with Gasteiger partial charge in [-0.05, 0) is 93.7 Å². The van der Waals surface area contributed by atoms with E-state index in [2.05, 4.69) is 47.3 Å². The maximum absolute atomic E-state index is 10.6. The normalized spacial score (nSPS) is 21.9. The molecule has 9 nitrogen and oxygen atoms in total. The molecular formula is C45H52Cl2N4O5. The summed E-state index contributed by atoms with van der Waals surface area (Å²) in [5, 5.41) is 34.7. The number of rotatable bonds is 14. The number of aromatic nitrogens is 1. The molecule has 1 saturated carbocycles. The molecule has 0 spiro atoms. The largest absolute Gasteiger partial charge is 0.492 e. The van der Waals surface area contributed by atoms with Gasteiger partial charge in [-0.1, -0.05) is 66.4 Å². The molecule has 0 amide bonds. The van der Waals surface area contributed by atoms with Crippen molar-refractivity contribution in [1.82, 2.24) is 15.2 Å². The van der Waals surface area contributed by atoms with Crippen LogP contribution in [0.1, 0.15) is 99.1 Å². The van der Waals surface area contributed by atoms with Crippen LogP contribution in [0.25, 0.3) is 11.1 Å². The van der Waals surface area contributed by atoms with Gasteiger partial charge >= 0.3 is 0 Å². The van der Waals surface area contributed by atoms with Crippen molar-refractivity contribution in [2.75, 3.05) is 19.7 Å². The molecule has 4 atom stereocenters. The van der Waals surface area contributed by atoms with E-state index >= 15 is 0 Å². The number of pyridine rings is 1. The predicted molar refractivity (Wildman–Crippen MR) is 219 cm³/mol. The number of nitrogens with one attached hydrogen (secondary N) is 1. The van der Waals surface area contributed by atoms with Gasteiger partial charge in [0.05, 0.1) is 34.4 Å². The van der Waals surface area contributed by atoms with Gasteiger partial charge in [0.15, 0.2) is 0 Å². The highest BCUT2D eigenvalue weighted by molar-refractivity contribution is 6.35. The molecule has 1 aliphatic heterocycles. The van der Waals surface area contributed by atoms with Crippen LogP contribution in [0.3, 0.4) is 0 Å². The van der Waals surface area contributed by atoms with Crippen molar-refractivity contribution in [1.29, 1.82) is 5.26 Å². The maximum atomic E-state index is 10.6. The van der Waals surface area contributed by atoms with Crippen LogP contribution in [-0.2, 0) is 19.6 Å². The van der Waals surface area contributed by atoms with Crippen molar-refractivity contribution >= 4 is 23.2 Å². The van der Waals surface area contributed by atoms with Crippen molar-refractivity contribution in [3.05, 3.63) is 105 Å². The number of piperidine rings is 1. The number of hydrogen-bond acceptors (Lipinski definition) is 9. The second-order valence-corrected chi connectivity index (χ2v) is 16.8. The lowest BCUT2D eigenvalue weighted by molar-refractivity contribution is -0.00424. The van der Waals surface area contributed by atoms with Crippen LogP contribution in [0, 0.1) is 11.3 Å². The van der Waals surface area contributed by atoms with Crippen LogP contribution in [-0.4, -0.2) is 63.6 Å². The van der Waals surface area contributed by atoms with Gasteiger partial charge in [0.2, 0.25) is 0 Å². The summed E-state index contributed by atoms with van der Waals surface area (Å²) in [5.74, 6) is 1.80. The van der Waals surface area contributed by atoms with E-state index in [1.807, 2.05) is 36.4 Å². The van der Waals surface area contributed by atoms with Crippen molar-refractivity contribution < 1.29 is 24.4 Å². The molecule has 1 unspecified atom stereocenters. The summed E-state index contributed by atoms with van der Waals surface area (Å²) in [4.78, 5) is 6.63. The third-order valence-electron chi connectivity index (χ3n) is 11.6. The Labute approximate surface area is 340 Å². The highest BCUT2D eigenvalue weighted by atomic mass is 35.5. The van der Waals surface area contributed by atoms with Crippen LogP contribution in [0.5, 0.6) is 17.2 Å². The summed E-state index contributed by atoms with van der Waals surface area (Å²) >= 11 is 14.0. The Hall–Kier alpha value is -3.88. The lowest BCUT2D eigenvalue weighted by Gasteiger charge is -2.44. The van der Waals surface area contributed by atoms with Gasteiger partial charge in [0.25, 0.3) is 0 Å². The van der Waals surface area contributed by atoms with Gasteiger partial charge in [-0.25, -0.2) is 0 Å². The number of hydrogen-bond donors (Lipinski definition) is 3. The van der Waals surface area contributed by atoms with Gasteiger partial charge in [-0.3, -0.25) is 9.88 Å². The molecule has 4 aromatic rings. The average molecular weight is 800 g/mol. The zero-order valence-electron chi connectivity index (χ0n) is 32.3. The molecule has 0 bridgehead atoms. The number of nitriles is 1. The first-order chi connectivity index (χ1) is 27.1. The molecule has 2 heterocycles. The Bertz CT molecular complexity index is 2040. The predicted octanol–water partition coefficient (Wildman–Crippen LogP) is 8.97. The van der Waals surface area contributed by atoms with E-state index in [1.54, 1.807) is 12.3 Å². The number of halogens is 2. The molecular weight excluding hydrogens is 747 g/mol. The van der Waals surface area contributed by atoms with Crippen molar-refractivity contribution in [2.24, 2.45) is 0 Å². The Morgan fingerprint density at radius 1 is 0.946 bits per heavy atom. The van der Waals surface area contributed by atoms with Crippen LogP contribution in [0.4, 0.5) is 0 Å². The number of ether oxygens (including phenoxy) is 3. The first kappa shape index (κ1) is 40.3. The second-order valence-electron chi connectivity index (χ2n) is 16.0. The first-order valence-electron chi connectivity index (χ1n) is 19.9. The Balaban J connectivity index is 1.06. The van der Waals surface area contributed by atoms with E-state index in [1.165, 1.54) is 11.8 Å². The fourth-order valence-corrected chi connectivity index (χ4v) is 9.07. The molecule has 0 radical (unpaired) electrons. The first-order valence-corrected chi connectivity index (χ1v) is 20.7. The van der Waals surface area contributed by atoms with Crippen molar-refractivity contribution in [3.63, 3.8) is 0 Å². The summed E-state index contributed by atoms with van der Waals surface area (Å²) in [5.41, 5.74) is 6.33. The summed E-state index contributed by atoms with van der Waals surface area (Å²) in [6, 6.07) is 19.9. The Kier molecular flexibility index (Phi) is 13.1. The highest BCUT2D eigenvalue weighted by Crippen LogP contribution is 2.45. The lowest BCUT2D eigenvalue weighted by atomic mass is 9.88. The molecule has 1 aromatic heterocycles. The number of benzene rings is 3. The minimum Gasteiger partial charge on any atom is -0.492 e. The summed E-state index contributed by atoms with van der Waals surface area (Å²) in [6.07, 6.45) is 10.2. The molecule has 3 aromatic carbocycles. The molecule has 1 saturated heterocycles. The second kappa shape index (κ2) is 18.1. The SMILES string of the molecule is CC1(C)CC(O)CCN1CCCOc1cccc(-c2cccc3c2CC[C@@H]3Oc2cc(OCc3cncc(C#N)c3)c(CN[C@@H]3CCCC[C@@H]3O)cc2Cl)c1Cl. The van der Waals surface area contributed by atoms with Crippen LogP contribution in [0.15, 0.2) is 67.0 Å². The van der Waals surface area contributed by atoms with E-state index in [4.69, 9.17) is 37.4 Å². The minimum absolute atomic E-state index is 0.00132. The van der Waals surface area contributed by atoms with Gasteiger partial charge in [-0.15, -0.1) is 0 Å². The Morgan fingerprint density at radius 2 is 1.77 bits per heavy atom.